The molecule has 0 aliphatic carbocycles. The molecule has 6 nitrogen and oxygen atoms in total. The van der Waals surface area contributed by atoms with Crippen LogP contribution < -0.4 is 4.90 Å². The molecule has 1 aromatic heterocycles. The van der Waals surface area contributed by atoms with E-state index in [1.54, 1.807) is 6.20 Å². The van der Waals surface area contributed by atoms with E-state index in [1.807, 2.05) is 17.9 Å². The molecule has 126 valence electrons. The smallest absolute Gasteiger partial charge is 0.228 e. The summed E-state index contributed by atoms with van der Waals surface area (Å²) in [7, 11) is 0. The van der Waals surface area contributed by atoms with Crippen LogP contribution in [0.3, 0.4) is 0 Å². The van der Waals surface area contributed by atoms with Gasteiger partial charge in [-0.05, 0) is 32.3 Å². The van der Waals surface area contributed by atoms with Gasteiger partial charge in [0.25, 0.3) is 0 Å². The Balaban J connectivity index is 1.59. The number of aromatic nitrogens is 2. The number of amides is 1. The molecular formula is C17H26N4O2. The minimum absolute atomic E-state index is 0.0431. The van der Waals surface area contributed by atoms with Crippen molar-refractivity contribution in [2.24, 2.45) is 5.92 Å². The molecule has 0 N–H and O–H groups in total. The zero-order valence-corrected chi connectivity index (χ0v) is 14.1. The largest absolute Gasteiger partial charge is 0.377 e. The second-order valence-electron chi connectivity index (χ2n) is 6.34. The van der Waals surface area contributed by atoms with Crippen LogP contribution in [0.1, 0.15) is 32.0 Å². The normalized spacial score (nSPS) is 25.5. The molecule has 2 atom stereocenters. The first-order chi connectivity index (χ1) is 11.2. The highest BCUT2D eigenvalue weighted by Crippen LogP contribution is 2.26. The summed E-state index contributed by atoms with van der Waals surface area (Å²) in [4.78, 5) is 25.7. The number of nitrogens with zero attached hydrogens (tertiary/aromatic N) is 4. The highest BCUT2D eigenvalue weighted by Gasteiger charge is 2.34. The minimum atomic E-state index is 0.0431. The number of hydrogen-bond acceptors (Lipinski definition) is 5. The summed E-state index contributed by atoms with van der Waals surface area (Å²) < 4.78 is 5.78. The lowest BCUT2D eigenvalue weighted by Gasteiger charge is -2.39. The van der Waals surface area contributed by atoms with Crippen LogP contribution in [-0.4, -0.2) is 59.7 Å². The van der Waals surface area contributed by atoms with Gasteiger partial charge in [-0.2, -0.15) is 0 Å². The summed E-state index contributed by atoms with van der Waals surface area (Å²) in [5.74, 6) is 2.06. The standard InChI is InChI=1S/C17H26N4O2/c1-3-15-14(5-4-12-23-15)17(22)21-10-8-20(9-11-21)16-6-7-18-13(2)19-16/h6-7,14-15H,3-5,8-12H2,1-2H3/t14-,15-/m0/s1. The molecule has 3 rings (SSSR count). The van der Waals surface area contributed by atoms with Gasteiger partial charge in [-0.15, -0.1) is 0 Å². The Bertz CT molecular complexity index is 543. The van der Waals surface area contributed by atoms with Crippen LogP contribution in [0.4, 0.5) is 5.82 Å². The van der Waals surface area contributed by atoms with Crippen LogP contribution in [0.15, 0.2) is 12.3 Å². The van der Waals surface area contributed by atoms with Crippen molar-refractivity contribution in [1.29, 1.82) is 0 Å². The van der Waals surface area contributed by atoms with Gasteiger partial charge in [0.05, 0.1) is 12.0 Å². The average Bonchev–Trinajstić information content (AvgIpc) is 2.61. The summed E-state index contributed by atoms with van der Waals surface area (Å²) in [5, 5.41) is 0. The SMILES string of the molecule is CC[C@@H]1OCCC[C@@H]1C(=O)N1CCN(c2ccnc(C)n2)CC1. The van der Waals surface area contributed by atoms with Crippen LogP contribution in [0.25, 0.3) is 0 Å². The zero-order chi connectivity index (χ0) is 16.2. The lowest BCUT2D eigenvalue weighted by atomic mass is 9.91. The number of ether oxygens (including phenoxy) is 1. The van der Waals surface area contributed by atoms with Crippen molar-refractivity contribution in [3.8, 4) is 0 Å². The molecule has 0 saturated carbocycles. The van der Waals surface area contributed by atoms with E-state index >= 15 is 0 Å². The summed E-state index contributed by atoms with van der Waals surface area (Å²) in [6, 6.07) is 1.94. The Morgan fingerprint density at radius 1 is 1.35 bits per heavy atom. The molecule has 3 heterocycles. The summed E-state index contributed by atoms with van der Waals surface area (Å²) in [5.41, 5.74) is 0. The van der Waals surface area contributed by atoms with Crippen molar-refractivity contribution >= 4 is 11.7 Å². The van der Waals surface area contributed by atoms with Gasteiger partial charge in [0.1, 0.15) is 11.6 Å². The van der Waals surface area contributed by atoms with E-state index in [9.17, 15) is 4.79 Å². The first-order valence-electron chi connectivity index (χ1n) is 8.64. The quantitative estimate of drug-likeness (QED) is 0.848. The second kappa shape index (κ2) is 7.25. The van der Waals surface area contributed by atoms with Gasteiger partial charge in [-0.1, -0.05) is 6.92 Å². The summed E-state index contributed by atoms with van der Waals surface area (Å²) in [6.45, 7) is 7.97. The maximum atomic E-state index is 12.8. The molecule has 0 bridgehead atoms. The van der Waals surface area contributed by atoms with Gasteiger partial charge in [0, 0.05) is 39.0 Å². The van der Waals surface area contributed by atoms with E-state index in [-0.39, 0.29) is 17.9 Å². The van der Waals surface area contributed by atoms with Crippen LogP contribution in [-0.2, 0) is 9.53 Å². The highest BCUT2D eigenvalue weighted by molar-refractivity contribution is 5.79. The predicted octanol–water partition coefficient (Wildman–Crippen LogP) is 1.64. The molecule has 2 fully saturated rings. The summed E-state index contributed by atoms with van der Waals surface area (Å²) >= 11 is 0. The van der Waals surface area contributed by atoms with Crippen molar-refractivity contribution in [3.63, 3.8) is 0 Å². The molecular weight excluding hydrogens is 292 g/mol. The van der Waals surface area contributed by atoms with Crippen LogP contribution in [0, 0.1) is 12.8 Å². The van der Waals surface area contributed by atoms with E-state index in [0.717, 1.165) is 63.7 Å². The number of carbonyl (C=O) groups is 1. The minimum Gasteiger partial charge on any atom is -0.377 e. The summed E-state index contributed by atoms with van der Waals surface area (Å²) in [6.07, 6.45) is 4.76. The lowest BCUT2D eigenvalue weighted by Crippen LogP contribution is -2.52. The molecule has 0 spiro atoms. The first-order valence-corrected chi connectivity index (χ1v) is 8.64. The monoisotopic (exact) mass is 318 g/mol. The molecule has 0 unspecified atom stereocenters. The van der Waals surface area contributed by atoms with Crippen molar-refractivity contribution in [2.45, 2.75) is 39.2 Å². The van der Waals surface area contributed by atoms with Gasteiger partial charge >= 0.3 is 0 Å². The molecule has 1 aromatic rings. The molecule has 6 heteroatoms. The first kappa shape index (κ1) is 16.2. The van der Waals surface area contributed by atoms with Crippen molar-refractivity contribution in [3.05, 3.63) is 18.1 Å². The number of anilines is 1. The fraction of sp³-hybridized carbons (Fsp3) is 0.706. The van der Waals surface area contributed by atoms with Crippen molar-refractivity contribution < 1.29 is 9.53 Å². The van der Waals surface area contributed by atoms with Crippen molar-refractivity contribution in [2.75, 3.05) is 37.7 Å². The van der Waals surface area contributed by atoms with Gasteiger partial charge in [-0.3, -0.25) is 4.79 Å². The second-order valence-corrected chi connectivity index (χ2v) is 6.34. The number of piperazine rings is 1. The van der Waals surface area contributed by atoms with Crippen LogP contribution >= 0.6 is 0 Å². The zero-order valence-electron chi connectivity index (χ0n) is 14.1. The third-order valence-electron chi connectivity index (χ3n) is 4.84. The van der Waals surface area contributed by atoms with Gasteiger partial charge in [-0.25, -0.2) is 9.97 Å². The number of aryl methyl sites for hydroxylation is 1. The molecule has 0 aromatic carbocycles. The fourth-order valence-electron chi connectivity index (χ4n) is 3.54. The van der Waals surface area contributed by atoms with E-state index in [2.05, 4.69) is 21.8 Å². The Labute approximate surface area is 137 Å². The van der Waals surface area contributed by atoms with E-state index in [4.69, 9.17) is 4.74 Å². The molecule has 1 amide bonds. The Morgan fingerprint density at radius 2 is 2.13 bits per heavy atom. The van der Waals surface area contributed by atoms with Crippen molar-refractivity contribution in [1.82, 2.24) is 14.9 Å². The Morgan fingerprint density at radius 3 is 2.83 bits per heavy atom. The molecule has 2 aliphatic heterocycles. The molecule has 2 aliphatic rings. The number of rotatable bonds is 3. The van der Waals surface area contributed by atoms with E-state index in [0.29, 0.717) is 0 Å². The van der Waals surface area contributed by atoms with Gasteiger partial charge in [0.2, 0.25) is 5.91 Å². The van der Waals surface area contributed by atoms with E-state index < -0.39 is 0 Å². The molecule has 2 saturated heterocycles. The highest BCUT2D eigenvalue weighted by atomic mass is 16.5. The Hall–Kier alpha value is -1.69. The third kappa shape index (κ3) is 3.63. The third-order valence-corrected chi connectivity index (χ3v) is 4.84. The maximum absolute atomic E-state index is 12.8. The van der Waals surface area contributed by atoms with Crippen LogP contribution in [0.2, 0.25) is 0 Å². The Kier molecular flexibility index (Phi) is 5.10. The molecule has 0 radical (unpaired) electrons. The van der Waals surface area contributed by atoms with E-state index in [1.165, 1.54) is 0 Å². The topological polar surface area (TPSA) is 58.6 Å². The lowest BCUT2D eigenvalue weighted by molar-refractivity contribution is -0.145. The number of carbonyl (C=O) groups excluding carboxylic acids is 1. The molecule has 23 heavy (non-hydrogen) atoms. The predicted molar refractivity (Wildman–Crippen MR) is 88.3 cm³/mol. The van der Waals surface area contributed by atoms with Gasteiger partial charge in [0.15, 0.2) is 0 Å². The van der Waals surface area contributed by atoms with Gasteiger partial charge < -0.3 is 14.5 Å². The maximum Gasteiger partial charge on any atom is 0.228 e. The fourth-order valence-corrected chi connectivity index (χ4v) is 3.54. The average molecular weight is 318 g/mol. The van der Waals surface area contributed by atoms with Crippen LogP contribution in [0.5, 0.6) is 0 Å². The number of hydrogen-bond donors (Lipinski definition) is 0.